The van der Waals surface area contributed by atoms with Gasteiger partial charge < -0.3 is 15.7 Å². The van der Waals surface area contributed by atoms with Crippen molar-refractivity contribution in [1.82, 2.24) is 0 Å². The number of primary amides is 1. The maximum atomic E-state index is 11.1. The monoisotopic (exact) mass is 284 g/mol. The van der Waals surface area contributed by atoms with E-state index in [2.05, 4.69) is 0 Å². The number of benzene rings is 1. The third-order valence-electron chi connectivity index (χ3n) is 2.66. The van der Waals surface area contributed by atoms with Crippen LogP contribution in [0.25, 0.3) is 0 Å². The molecule has 19 heavy (non-hydrogen) atoms. The third-order valence-corrected chi connectivity index (χ3v) is 2.97. The molecule has 1 aromatic carbocycles. The highest BCUT2D eigenvalue weighted by Crippen LogP contribution is 2.27. The Morgan fingerprint density at radius 2 is 2.11 bits per heavy atom. The van der Waals surface area contributed by atoms with Gasteiger partial charge in [0.05, 0.1) is 22.8 Å². The van der Waals surface area contributed by atoms with E-state index < -0.39 is 11.9 Å². The molecule has 0 aliphatic rings. The van der Waals surface area contributed by atoms with Gasteiger partial charge in [-0.1, -0.05) is 24.9 Å². The van der Waals surface area contributed by atoms with Gasteiger partial charge in [0.15, 0.2) is 0 Å². The van der Waals surface area contributed by atoms with Crippen molar-refractivity contribution in [1.29, 1.82) is 0 Å². The average Bonchev–Trinajstić information content (AvgIpc) is 2.34. The van der Waals surface area contributed by atoms with Crippen molar-refractivity contribution < 1.29 is 14.7 Å². The van der Waals surface area contributed by atoms with E-state index in [0.717, 1.165) is 12.8 Å². The highest BCUT2D eigenvalue weighted by atomic mass is 35.5. The Kier molecular flexibility index (Phi) is 5.63. The normalized spacial score (nSPS) is 10.2. The summed E-state index contributed by atoms with van der Waals surface area (Å²) in [5.74, 6) is -1.49. The molecule has 0 bridgehead atoms. The second-order valence-corrected chi connectivity index (χ2v) is 4.62. The fourth-order valence-electron chi connectivity index (χ4n) is 1.72. The molecule has 6 heteroatoms. The van der Waals surface area contributed by atoms with E-state index >= 15 is 0 Å². The first-order chi connectivity index (χ1) is 8.95. The largest absolute Gasteiger partial charge is 0.478 e. The van der Waals surface area contributed by atoms with Crippen molar-refractivity contribution in [3.8, 4) is 0 Å². The van der Waals surface area contributed by atoms with E-state index in [4.69, 9.17) is 22.4 Å². The molecule has 0 unspecified atom stereocenters. The van der Waals surface area contributed by atoms with Gasteiger partial charge in [-0.05, 0) is 24.6 Å². The van der Waals surface area contributed by atoms with Gasteiger partial charge in [0.1, 0.15) is 0 Å². The van der Waals surface area contributed by atoms with Gasteiger partial charge in [-0.2, -0.15) is 0 Å². The number of anilines is 1. The number of hydrogen-bond donors (Lipinski definition) is 2. The first-order valence-electron chi connectivity index (χ1n) is 6.01. The number of carbonyl (C=O) groups excluding carboxylic acids is 1. The molecule has 0 aromatic heterocycles. The maximum absolute atomic E-state index is 11.1. The Hall–Kier alpha value is -1.75. The van der Waals surface area contributed by atoms with Crippen LogP contribution in [0.4, 0.5) is 5.69 Å². The Balaban J connectivity index is 3.00. The lowest BCUT2D eigenvalue weighted by atomic mass is 10.2. The number of hydrogen-bond acceptors (Lipinski definition) is 3. The van der Waals surface area contributed by atoms with Crippen LogP contribution < -0.4 is 10.6 Å². The zero-order chi connectivity index (χ0) is 14.4. The number of amides is 1. The summed E-state index contributed by atoms with van der Waals surface area (Å²) in [7, 11) is 0. The van der Waals surface area contributed by atoms with E-state index in [1.54, 1.807) is 11.0 Å². The van der Waals surface area contributed by atoms with Crippen molar-refractivity contribution in [3.63, 3.8) is 0 Å². The molecule has 0 radical (unpaired) electrons. The number of aromatic carboxylic acids is 1. The molecule has 1 amide bonds. The van der Waals surface area contributed by atoms with Gasteiger partial charge in [0.25, 0.3) is 0 Å². The Morgan fingerprint density at radius 3 is 2.58 bits per heavy atom. The van der Waals surface area contributed by atoms with Crippen LogP contribution in [0, 0.1) is 0 Å². The smallest absolute Gasteiger partial charge is 0.335 e. The molecule has 0 spiro atoms. The minimum absolute atomic E-state index is 0.0616. The molecule has 104 valence electrons. The quantitative estimate of drug-likeness (QED) is 0.803. The second-order valence-electron chi connectivity index (χ2n) is 4.21. The minimum atomic E-state index is -1.04. The predicted molar refractivity (Wildman–Crippen MR) is 74.7 cm³/mol. The summed E-state index contributed by atoms with van der Waals surface area (Å²) in [5, 5.41) is 9.18. The molecule has 0 aliphatic heterocycles. The molecular formula is C13H17ClN2O3. The Bertz CT molecular complexity index is 477. The predicted octanol–water partition coefficient (Wildman–Crippen LogP) is 2.13. The number of nitrogens with zero attached hydrogens (tertiary/aromatic N) is 1. The van der Waals surface area contributed by atoms with Crippen LogP contribution in [0.1, 0.15) is 30.1 Å². The first kappa shape index (κ1) is 15.3. The molecule has 5 nitrogen and oxygen atoms in total. The number of carboxylic acids is 1. The van der Waals surface area contributed by atoms with Crippen molar-refractivity contribution in [2.24, 2.45) is 5.73 Å². The fraction of sp³-hybridized carbons (Fsp3) is 0.385. The fourth-order valence-corrected chi connectivity index (χ4v) is 2.02. The average molecular weight is 285 g/mol. The van der Waals surface area contributed by atoms with Gasteiger partial charge in [-0.25, -0.2) is 4.79 Å². The van der Waals surface area contributed by atoms with Gasteiger partial charge >= 0.3 is 5.97 Å². The molecular weight excluding hydrogens is 268 g/mol. The number of carboxylic acid groups (broad SMARTS) is 1. The van der Waals surface area contributed by atoms with Crippen LogP contribution in [-0.2, 0) is 4.79 Å². The van der Waals surface area contributed by atoms with E-state index in [9.17, 15) is 9.59 Å². The standard InChI is InChI=1S/C13H17ClN2O3/c1-2-3-6-16(8-12(15)17)11-5-4-9(13(18)19)7-10(11)14/h4-5,7H,2-3,6,8H2,1H3,(H2,15,17)(H,18,19). The molecule has 1 rings (SSSR count). The summed E-state index contributed by atoms with van der Waals surface area (Å²) in [5.41, 5.74) is 5.95. The van der Waals surface area contributed by atoms with E-state index in [0.29, 0.717) is 17.3 Å². The van der Waals surface area contributed by atoms with Crippen LogP contribution in [0.5, 0.6) is 0 Å². The molecule has 0 heterocycles. The molecule has 0 atom stereocenters. The van der Waals surface area contributed by atoms with Gasteiger partial charge in [-0.15, -0.1) is 0 Å². The lowest BCUT2D eigenvalue weighted by Gasteiger charge is -2.24. The summed E-state index contributed by atoms with van der Waals surface area (Å²) >= 11 is 6.07. The van der Waals surface area contributed by atoms with Crippen LogP contribution in [0.2, 0.25) is 5.02 Å². The number of unbranched alkanes of at least 4 members (excludes halogenated alkanes) is 1. The van der Waals surface area contributed by atoms with Crippen LogP contribution in [0.15, 0.2) is 18.2 Å². The summed E-state index contributed by atoms with van der Waals surface area (Å²) in [4.78, 5) is 23.7. The first-order valence-corrected chi connectivity index (χ1v) is 6.39. The van der Waals surface area contributed by atoms with E-state index in [1.165, 1.54) is 12.1 Å². The summed E-state index contributed by atoms with van der Waals surface area (Å²) < 4.78 is 0. The zero-order valence-corrected chi connectivity index (χ0v) is 11.5. The van der Waals surface area contributed by atoms with Gasteiger partial charge in [-0.3, -0.25) is 4.79 Å². The van der Waals surface area contributed by atoms with Crippen molar-refractivity contribution in [2.75, 3.05) is 18.0 Å². The summed E-state index contributed by atoms with van der Waals surface area (Å²) in [6.07, 6.45) is 1.87. The highest BCUT2D eigenvalue weighted by molar-refractivity contribution is 6.33. The SMILES string of the molecule is CCCCN(CC(N)=O)c1ccc(C(=O)O)cc1Cl. The number of nitrogens with two attached hydrogens (primary N) is 1. The zero-order valence-electron chi connectivity index (χ0n) is 10.7. The van der Waals surface area contributed by atoms with Crippen molar-refractivity contribution >= 4 is 29.2 Å². The van der Waals surface area contributed by atoms with Gasteiger partial charge in [0, 0.05) is 6.54 Å². The lowest BCUT2D eigenvalue weighted by Crippen LogP contribution is -2.34. The highest BCUT2D eigenvalue weighted by Gasteiger charge is 2.14. The molecule has 0 aliphatic carbocycles. The molecule has 3 N–H and O–H groups in total. The van der Waals surface area contributed by atoms with Crippen molar-refractivity contribution in [3.05, 3.63) is 28.8 Å². The van der Waals surface area contributed by atoms with Crippen molar-refractivity contribution in [2.45, 2.75) is 19.8 Å². The number of halogens is 1. The van der Waals surface area contributed by atoms with Gasteiger partial charge in [0.2, 0.25) is 5.91 Å². The van der Waals surface area contributed by atoms with E-state index in [1.807, 2.05) is 6.92 Å². The topological polar surface area (TPSA) is 83.6 Å². The number of rotatable bonds is 7. The maximum Gasteiger partial charge on any atom is 0.335 e. The molecule has 1 aromatic rings. The Labute approximate surface area is 117 Å². The van der Waals surface area contributed by atoms with Crippen LogP contribution in [0.3, 0.4) is 0 Å². The molecule has 0 saturated heterocycles. The molecule has 0 fully saturated rings. The molecule has 0 saturated carbocycles. The summed E-state index contributed by atoms with van der Waals surface area (Å²) in [6, 6.07) is 4.44. The summed E-state index contributed by atoms with van der Waals surface area (Å²) in [6.45, 7) is 2.75. The third kappa shape index (κ3) is 4.44. The Morgan fingerprint density at radius 1 is 1.42 bits per heavy atom. The van der Waals surface area contributed by atoms with Crippen LogP contribution in [-0.4, -0.2) is 30.1 Å². The van der Waals surface area contributed by atoms with Crippen LogP contribution >= 0.6 is 11.6 Å². The minimum Gasteiger partial charge on any atom is -0.478 e. The lowest BCUT2D eigenvalue weighted by molar-refractivity contribution is -0.116. The van der Waals surface area contributed by atoms with E-state index in [-0.39, 0.29) is 12.1 Å². The number of carbonyl (C=O) groups is 2. The second kappa shape index (κ2) is 6.99.